The summed E-state index contributed by atoms with van der Waals surface area (Å²) in [7, 11) is 0. The van der Waals surface area contributed by atoms with Gasteiger partial charge in [-0.2, -0.15) is 5.10 Å². The summed E-state index contributed by atoms with van der Waals surface area (Å²) in [5.41, 5.74) is 5.12. The molecule has 16 heavy (non-hydrogen) atoms. The third-order valence-corrected chi connectivity index (χ3v) is 3.33. The fourth-order valence-corrected chi connectivity index (χ4v) is 2.12. The predicted octanol–water partition coefficient (Wildman–Crippen LogP) is 4.16. The summed E-state index contributed by atoms with van der Waals surface area (Å²) < 4.78 is 0. The number of thiophene rings is 1. The third-order valence-electron chi connectivity index (χ3n) is 2.12. The van der Waals surface area contributed by atoms with Crippen LogP contribution < -0.4 is 5.43 Å². The summed E-state index contributed by atoms with van der Waals surface area (Å²) in [5, 5.41) is 6.95. The van der Waals surface area contributed by atoms with Crippen molar-refractivity contribution in [2.75, 3.05) is 5.43 Å². The van der Waals surface area contributed by atoms with Crippen molar-refractivity contribution in [1.82, 2.24) is 0 Å². The summed E-state index contributed by atoms with van der Waals surface area (Å²) in [6.07, 6.45) is 1.83. The van der Waals surface area contributed by atoms with Gasteiger partial charge in [-0.15, -0.1) is 11.3 Å². The SMILES string of the molecule is Cc1ccsc1C=NNc1ccc(Cl)cc1. The molecule has 0 saturated heterocycles. The molecule has 0 amide bonds. The molecular weight excluding hydrogens is 240 g/mol. The summed E-state index contributed by atoms with van der Waals surface area (Å²) in [4.78, 5) is 1.17. The fraction of sp³-hybridized carbons (Fsp3) is 0.0833. The Morgan fingerprint density at radius 2 is 2.00 bits per heavy atom. The normalized spacial score (nSPS) is 10.9. The Morgan fingerprint density at radius 1 is 1.25 bits per heavy atom. The van der Waals surface area contributed by atoms with Crippen molar-refractivity contribution in [1.29, 1.82) is 0 Å². The molecule has 0 unspecified atom stereocenters. The molecule has 1 heterocycles. The number of benzene rings is 1. The van der Waals surface area contributed by atoms with Crippen molar-refractivity contribution >= 4 is 34.8 Å². The zero-order chi connectivity index (χ0) is 11.4. The number of halogens is 1. The second-order valence-electron chi connectivity index (χ2n) is 3.34. The van der Waals surface area contributed by atoms with E-state index < -0.39 is 0 Å². The van der Waals surface area contributed by atoms with Crippen molar-refractivity contribution in [2.24, 2.45) is 5.10 Å². The van der Waals surface area contributed by atoms with E-state index in [0.29, 0.717) is 0 Å². The maximum Gasteiger partial charge on any atom is 0.0647 e. The Labute approximate surface area is 104 Å². The average Bonchev–Trinajstić information content (AvgIpc) is 2.68. The fourth-order valence-electron chi connectivity index (χ4n) is 1.21. The summed E-state index contributed by atoms with van der Waals surface area (Å²) in [6.45, 7) is 2.07. The highest BCUT2D eigenvalue weighted by Crippen LogP contribution is 2.14. The first-order valence-electron chi connectivity index (χ1n) is 4.84. The van der Waals surface area contributed by atoms with Crippen LogP contribution in [-0.4, -0.2) is 6.21 Å². The van der Waals surface area contributed by atoms with Crippen LogP contribution in [0.2, 0.25) is 5.02 Å². The van der Waals surface area contributed by atoms with Crippen molar-refractivity contribution in [2.45, 2.75) is 6.92 Å². The molecule has 2 nitrogen and oxygen atoms in total. The quantitative estimate of drug-likeness (QED) is 0.642. The molecule has 0 aliphatic heterocycles. The standard InChI is InChI=1S/C12H11ClN2S/c1-9-6-7-16-12(9)8-14-15-11-4-2-10(13)3-5-11/h2-8,15H,1H3. The molecule has 0 spiro atoms. The second kappa shape index (κ2) is 5.14. The molecule has 0 aliphatic rings. The van der Waals surface area contributed by atoms with Gasteiger partial charge in [0, 0.05) is 9.90 Å². The van der Waals surface area contributed by atoms with E-state index in [1.54, 1.807) is 11.3 Å². The molecule has 0 saturated carbocycles. The van der Waals surface area contributed by atoms with Crippen molar-refractivity contribution in [3.63, 3.8) is 0 Å². The smallest absolute Gasteiger partial charge is 0.0647 e. The number of hydrazone groups is 1. The second-order valence-corrected chi connectivity index (χ2v) is 4.73. The topological polar surface area (TPSA) is 24.4 Å². The number of hydrogen-bond acceptors (Lipinski definition) is 3. The van der Waals surface area contributed by atoms with Gasteiger partial charge >= 0.3 is 0 Å². The average molecular weight is 251 g/mol. The Bertz CT molecular complexity index is 488. The van der Waals surface area contributed by atoms with E-state index in [-0.39, 0.29) is 0 Å². The molecular formula is C12H11ClN2S. The molecule has 1 aromatic heterocycles. The zero-order valence-electron chi connectivity index (χ0n) is 8.77. The lowest BCUT2D eigenvalue weighted by atomic mass is 10.3. The van der Waals surface area contributed by atoms with Gasteiger partial charge in [0.25, 0.3) is 0 Å². The molecule has 0 bridgehead atoms. The number of rotatable bonds is 3. The van der Waals surface area contributed by atoms with Crippen molar-refractivity contribution in [3.8, 4) is 0 Å². The van der Waals surface area contributed by atoms with Crippen LogP contribution in [0.25, 0.3) is 0 Å². The molecule has 4 heteroatoms. The molecule has 0 radical (unpaired) electrons. The highest BCUT2D eigenvalue weighted by molar-refractivity contribution is 7.11. The monoisotopic (exact) mass is 250 g/mol. The minimum atomic E-state index is 0.726. The predicted molar refractivity (Wildman–Crippen MR) is 71.7 cm³/mol. The zero-order valence-corrected chi connectivity index (χ0v) is 10.3. The molecule has 0 atom stereocenters. The Hall–Kier alpha value is -1.32. The Kier molecular flexibility index (Phi) is 3.59. The molecule has 0 aliphatic carbocycles. The van der Waals surface area contributed by atoms with Gasteiger partial charge in [-0.25, -0.2) is 0 Å². The molecule has 2 aromatic rings. The van der Waals surface area contributed by atoms with Gasteiger partial charge in [-0.1, -0.05) is 11.6 Å². The molecule has 82 valence electrons. The van der Waals surface area contributed by atoms with Gasteiger partial charge in [0.1, 0.15) is 0 Å². The van der Waals surface area contributed by atoms with E-state index in [0.717, 1.165) is 10.7 Å². The van der Waals surface area contributed by atoms with Gasteiger partial charge in [0.2, 0.25) is 0 Å². The first-order chi connectivity index (χ1) is 7.75. The number of nitrogens with zero attached hydrogens (tertiary/aromatic N) is 1. The van der Waals surface area contributed by atoms with Crippen LogP contribution in [0.5, 0.6) is 0 Å². The van der Waals surface area contributed by atoms with E-state index >= 15 is 0 Å². The molecule has 1 aromatic carbocycles. The van der Waals surface area contributed by atoms with Crippen LogP contribution in [0.1, 0.15) is 10.4 Å². The Balaban J connectivity index is 2.00. The van der Waals surface area contributed by atoms with Crippen LogP contribution in [0.3, 0.4) is 0 Å². The van der Waals surface area contributed by atoms with Crippen molar-refractivity contribution < 1.29 is 0 Å². The summed E-state index contributed by atoms with van der Waals surface area (Å²) >= 11 is 7.46. The van der Waals surface area contributed by atoms with Gasteiger partial charge in [0.05, 0.1) is 11.9 Å². The van der Waals surface area contributed by atoms with Gasteiger partial charge in [-0.3, -0.25) is 5.43 Å². The van der Waals surface area contributed by atoms with Crippen LogP contribution >= 0.6 is 22.9 Å². The lowest BCUT2D eigenvalue weighted by Gasteiger charge is -1.99. The molecule has 0 fully saturated rings. The van der Waals surface area contributed by atoms with E-state index in [4.69, 9.17) is 11.6 Å². The van der Waals surface area contributed by atoms with Crippen LogP contribution in [-0.2, 0) is 0 Å². The Morgan fingerprint density at radius 3 is 2.62 bits per heavy atom. The lowest BCUT2D eigenvalue weighted by Crippen LogP contribution is -1.89. The number of anilines is 1. The van der Waals surface area contributed by atoms with Gasteiger partial charge in [-0.05, 0) is 48.2 Å². The molecule has 1 N–H and O–H groups in total. The number of hydrogen-bond donors (Lipinski definition) is 1. The molecule has 2 rings (SSSR count). The van der Waals surface area contributed by atoms with E-state index in [9.17, 15) is 0 Å². The van der Waals surface area contributed by atoms with E-state index in [1.807, 2.05) is 30.5 Å². The van der Waals surface area contributed by atoms with Gasteiger partial charge in [0.15, 0.2) is 0 Å². The minimum Gasteiger partial charge on any atom is -0.278 e. The van der Waals surface area contributed by atoms with Gasteiger partial charge < -0.3 is 0 Å². The van der Waals surface area contributed by atoms with Crippen LogP contribution in [0.15, 0.2) is 40.8 Å². The maximum atomic E-state index is 5.78. The number of nitrogens with one attached hydrogen (secondary N) is 1. The highest BCUT2D eigenvalue weighted by atomic mass is 35.5. The lowest BCUT2D eigenvalue weighted by molar-refractivity contribution is 1.35. The largest absolute Gasteiger partial charge is 0.278 e. The van der Waals surface area contributed by atoms with E-state index in [2.05, 4.69) is 28.9 Å². The first kappa shape index (κ1) is 11.2. The van der Waals surface area contributed by atoms with Crippen molar-refractivity contribution in [3.05, 3.63) is 51.2 Å². The summed E-state index contributed by atoms with van der Waals surface area (Å²) in [6, 6.07) is 9.52. The summed E-state index contributed by atoms with van der Waals surface area (Å²) in [5.74, 6) is 0. The van der Waals surface area contributed by atoms with E-state index in [1.165, 1.54) is 10.4 Å². The number of aryl methyl sites for hydroxylation is 1. The highest BCUT2D eigenvalue weighted by Gasteiger charge is 1.94. The minimum absolute atomic E-state index is 0.726. The third kappa shape index (κ3) is 2.84. The maximum absolute atomic E-state index is 5.78. The first-order valence-corrected chi connectivity index (χ1v) is 6.10. The van der Waals surface area contributed by atoms with Crippen LogP contribution in [0.4, 0.5) is 5.69 Å². The van der Waals surface area contributed by atoms with Crippen LogP contribution in [0, 0.1) is 6.92 Å².